The van der Waals surface area contributed by atoms with Gasteiger partial charge in [-0.3, -0.25) is 14.9 Å². The minimum absolute atomic E-state index is 0.0961. The van der Waals surface area contributed by atoms with E-state index in [1.54, 1.807) is 25.1 Å². The molecule has 2 amide bonds. The van der Waals surface area contributed by atoms with Crippen LogP contribution in [0.3, 0.4) is 0 Å². The summed E-state index contributed by atoms with van der Waals surface area (Å²) in [5, 5.41) is 5.24. The molecule has 30 heavy (non-hydrogen) atoms. The molecule has 0 spiro atoms. The van der Waals surface area contributed by atoms with Crippen LogP contribution in [0.4, 0.5) is 20.4 Å². The predicted octanol–water partition coefficient (Wildman–Crippen LogP) is 4.65. The Morgan fingerprint density at radius 1 is 0.933 bits per heavy atom. The molecule has 0 radical (unpaired) electrons. The van der Waals surface area contributed by atoms with Gasteiger partial charge in [0.1, 0.15) is 11.6 Å². The highest BCUT2D eigenvalue weighted by molar-refractivity contribution is 6.07. The van der Waals surface area contributed by atoms with Crippen LogP contribution >= 0.6 is 0 Å². The van der Waals surface area contributed by atoms with Crippen LogP contribution in [-0.2, 0) is 0 Å². The van der Waals surface area contributed by atoms with Crippen LogP contribution in [0.2, 0.25) is 0 Å². The molecule has 1 heterocycles. The fourth-order valence-electron chi connectivity index (χ4n) is 2.95. The van der Waals surface area contributed by atoms with E-state index in [1.807, 2.05) is 0 Å². The number of aromatic nitrogens is 2. The number of nitrogens with zero attached hydrogens (tertiary/aromatic N) is 1. The minimum Gasteiger partial charge on any atom is -0.324 e. The van der Waals surface area contributed by atoms with Crippen LogP contribution in [0, 0.1) is 18.6 Å². The van der Waals surface area contributed by atoms with Gasteiger partial charge in [0.25, 0.3) is 11.8 Å². The molecule has 0 aliphatic heterocycles. The number of amides is 2. The summed E-state index contributed by atoms with van der Waals surface area (Å²) in [4.78, 5) is 32.0. The Bertz CT molecular complexity index is 1280. The number of carbonyl (C=O) groups excluding carboxylic acids is 2. The summed E-state index contributed by atoms with van der Waals surface area (Å²) in [5.74, 6) is -1.98. The van der Waals surface area contributed by atoms with Crippen molar-refractivity contribution < 1.29 is 18.4 Å². The van der Waals surface area contributed by atoms with E-state index in [2.05, 4.69) is 20.6 Å². The number of aromatic amines is 1. The van der Waals surface area contributed by atoms with Gasteiger partial charge in [-0.1, -0.05) is 18.2 Å². The Morgan fingerprint density at radius 3 is 2.53 bits per heavy atom. The van der Waals surface area contributed by atoms with Gasteiger partial charge in [0, 0.05) is 11.3 Å². The number of H-pyrrole nitrogens is 1. The third-order valence-electron chi connectivity index (χ3n) is 4.54. The van der Waals surface area contributed by atoms with E-state index in [4.69, 9.17) is 0 Å². The quantitative estimate of drug-likeness (QED) is 0.461. The summed E-state index contributed by atoms with van der Waals surface area (Å²) < 4.78 is 27.2. The van der Waals surface area contributed by atoms with Gasteiger partial charge in [-0.25, -0.2) is 13.8 Å². The number of benzene rings is 3. The lowest BCUT2D eigenvalue weighted by molar-refractivity contribution is 0.101. The zero-order chi connectivity index (χ0) is 21.3. The van der Waals surface area contributed by atoms with Crippen LogP contribution in [0.15, 0.2) is 60.7 Å². The number of carbonyl (C=O) groups is 2. The number of rotatable bonds is 4. The zero-order valence-corrected chi connectivity index (χ0v) is 15.8. The number of anilines is 2. The first kappa shape index (κ1) is 19.3. The number of hydrogen-bond donors (Lipinski definition) is 3. The van der Waals surface area contributed by atoms with Gasteiger partial charge in [0.2, 0.25) is 5.95 Å². The van der Waals surface area contributed by atoms with E-state index < -0.39 is 23.4 Å². The number of aryl methyl sites for hydroxylation is 1. The van der Waals surface area contributed by atoms with Crippen LogP contribution in [0.5, 0.6) is 0 Å². The Morgan fingerprint density at radius 2 is 1.73 bits per heavy atom. The molecule has 0 atom stereocenters. The van der Waals surface area contributed by atoms with Crippen molar-refractivity contribution in [2.24, 2.45) is 0 Å². The number of fused-ring (bicyclic) bond motifs is 1. The van der Waals surface area contributed by atoms with Crippen molar-refractivity contribution in [3.05, 3.63) is 89.0 Å². The molecular weight excluding hydrogens is 390 g/mol. The number of halogens is 2. The number of nitrogens with one attached hydrogen (secondary N) is 3. The fourth-order valence-corrected chi connectivity index (χ4v) is 2.95. The maximum absolute atomic E-state index is 13.8. The van der Waals surface area contributed by atoms with Crippen molar-refractivity contribution in [3.8, 4) is 0 Å². The third kappa shape index (κ3) is 3.88. The maximum Gasteiger partial charge on any atom is 0.258 e. The SMILES string of the molecule is Cc1ccc(C(=O)Nc2nc3ccc(F)cc3[nH]2)cc1NC(=O)c1ccccc1F. The molecular formula is C22H16F2N4O2. The van der Waals surface area contributed by atoms with E-state index in [-0.39, 0.29) is 17.1 Å². The van der Waals surface area contributed by atoms with Crippen LogP contribution in [-0.4, -0.2) is 21.8 Å². The normalized spacial score (nSPS) is 10.8. The topological polar surface area (TPSA) is 86.9 Å². The first-order chi connectivity index (χ1) is 14.4. The zero-order valence-electron chi connectivity index (χ0n) is 15.8. The van der Waals surface area contributed by atoms with Gasteiger partial charge >= 0.3 is 0 Å². The summed E-state index contributed by atoms with van der Waals surface area (Å²) in [7, 11) is 0. The van der Waals surface area contributed by atoms with Gasteiger partial charge < -0.3 is 10.3 Å². The lowest BCUT2D eigenvalue weighted by atomic mass is 10.1. The summed E-state index contributed by atoms with van der Waals surface area (Å²) in [5.41, 5.74) is 2.20. The molecule has 4 rings (SSSR count). The first-order valence-electron chi connectivity index (χ1n) is 9.04. The molecule has 0 saturated heterocycles. The average molecular weight is 406 g/mol. The van der Waals surface area contributed by atoms with E-state index in [1.165, 1.54) is 42.5 Å². The molecule has 6 nitrogen and oxygen atoms in total. The third-order valence-corrected chi connectivity index (χ3v) is 4.54. The second-order valence-electron chi connectivity index (χ2n) is 6.66. The van der Waals surface area contributed by atoms with Crippen molar-refractivity contribution in [3.63, 3.8) is 0 Å². The Labute approximate surface area is 170 Å². The smallest absolute Gasteiger partial charge is 0.258 e. The molecule has 0 aliphatic carbocycles. The summed E-state index contributed by atoms with van der Waals surface area (Å²) >= 11 is 0. The largest absolute Gasteiger partial charge is 0.324 e. The number of hydrogen-bond acceptors (Lipinski definition) is 3. The molecule has 4 aromatic rings. The van der Waals surface area contributed by atoms with Crippen LogP contribution in [0.1, 0.15) is 26.3 Å². The summed E-state index contributed by atoms with van der Waals surface area (Å²) in [6.45, 7) is 1.76. The fraction of sp³-hybridized carbons (Fsp3) is 0.0455. The Balaban J connectivity index is 1.55. The molecule has 3 aromatic carbocycles. The highest BCUT2D eigenvalue weighted by Crippen LogP contribution is 2.20. The van der Waals surface area contributed by atoms with Crippen molar-refractivity contribution in [2.75, 3.05) is 10.6 Å². The molecule has 150 valence electrons. The number of imidazole rings is 1. The monoisotopic (exact) mass is 406 g/mol. The molecule has 0 bridgehead atoms. The van der Waals surface area contributed by atoms with Crippen LogP contribution < -0.4 is 10.6 Å². The maximum atomic E-state index is 13.8. The highest BCUT2D eigenvalue weighted by atomic mass is 19.1. The van der Waals surface area contributed by atoms with Gasteiger partial charge in [-0.05, 0) is 55.0 Å². The second kappa shape index (κ2) is 7.75. The Hall–Kier alpha value is -4.07. The average Bonchev–Trinajstić information content (AvgIpc) is 3.11. The van der Waals surface area contributed by atoms with Gasteiger partial charge in [0.05, 0.1) is 16.6 Å². The Kier molecular flexibility index (Phi) is 4.97. The summed E-state index contributed by atoms with van der Waals surface area (Å²) in [6, 6.07) is 14.4. The molecule has 1 aromatic heterocycles. The van der Waals surface area contributed by atoms with Crippen LogP contribution in [0.25, 0.3) is 11.0 Å². The standard InChI is InChI=1S/C22H16F2N4O2/c1-12-6-7-13(10-18(12)25-21(30)15-4-2-3-5-16(15)24)20(29)28-22-26-17-9-8-14(23)11-19(17)27-22/h2-11H,1H3,(H,25,30)(H2,26,27,28,29). The summed E-state index contributed by atoms with van der Waals surface area (Å²) in [6.07, 6.45) is 0. The molecule has 0 unspecified atom stereocenters. The van der Waals surface area contributed by atoms with E-state index in [9.17, 15) is 18.4 Å². The van der Waals surface area contributed by atoms with Crippen molar-refractivity contribution >= 4 is 34.5 Å². The van der Waals surface area contributed by atoms with Gasteiger partial charge in [-0.2, -0.15) is 0 Å². The predicted molar refractivity (Wildman–Crippen MR) is 110 cm³/mol. The van der Waals surface area contributed by atoms with Crippen molar-refractivity contribution in [2.45, 2.75) is 6.92 Å². The highest BCUT2D eigenvalue weighted by Gasteiger charge is 2.15. The van der Waals surface area contributed by atoms with E-state index >= 15 is 0 Å². The van der Waals surface area contributed by atoms with Gasteiger partial charge in [0.15, 0.2) is 0 Å². The molecule has 3 N–H and O–H groups in total. The van der Waals surface area contributed by atoms with Gasteiger partial charge in [-0.15, -0.1) is 0 Å². The second-order valence-corrected chi connectivity index (χ2v) is 6.66. The van der Waals surface area contributed by atoms with E-state index in [0.29, 0.717) is 22.3 Å². The lowest BCUT2D eigenvalue weighted by Crippen LogP contribution is -2.16. The lowest BCUT2D eigenvalue weighted by Gasteiger charge is -2.11. The van der Waals surface area contributed by atoms with E-state index in [0.717, 1.165) is 0 Å². The van der Waals surface area contributed by atoms with Crippen molar-refractivity contribution in [1.29, 1.82) is 0 Å². The molecule has 8 heteroatoms. The molecule has 0 fully saturated rings. The first-order valence-corrected chi connectivity index (χ1v) is 9.04. The minimum atomic E-state index is -0.636. The van der Waals surface area contributed by atoms with Crippen molar-refractivity contribution in [1.82, 2.24) is 9.97 Å². The molecule has 0 aliphatic rings. The molecule has 0 saturated carbocycles.